The minimum Gasteiger partial charge on any atom is -0.466 e. The molecule has 0 spiro atoms. The number of aliphatic hydroxyl groups is 1. The van der Waals surface area contributed by atoms with Crippen molar-refractivity contribution in [1.29, 1.82) is 0 Å². The molecule has 1 rings (SSSR count). The lowest BCUT2D eigenvalue weighted by molar-refractivity contribution is -0.144. The third kappa shape index (κ3) is 19.2. The van der Waals surface area contributed by atoms with Crippen LogP contribution >= 0.6 is 0 Å². The number of ether oxygens (including phenoxy) is 1. The highest BCUT2D eigenvalue weighted by Gasteiger charge is 2.03. The summed E-state index contributed by atoms with van der Waals surface area (Å²) in [4.78, 5) is 11.4. The third-order valence-corrected chi connectivity index (χ3v) is 4.47. The topological polar surface area (TPSA) is 46.5 Å². The van der Waals surface area contributed by atoms with Gasteiger partial charge in [0.25, 0.3) is 0 Å². The first kappa shape index (κ1) is 25.6. The van der Waals surface area contributed by atoms with Crippen molar-refractivity contribution in [1.82, 2.24) is 0 Å². The Morgan fingerprint density at radius 3 is 1.96 bits per heavy atom. The molecular formula is C24H42O3. The molecule has 0 aliphatic rings. The van der Waals surface area contributed by atoms with Crippen LogP contribution in [0.4, 0.5) is 0 Å². The minimum atomic E-state index is -0.0106. The van der Waals surface area contributed by atoms with E-state index in [0.717, 1.165) is 18.4 Å². The van der Waals surface area contributed by atoms with Gasteiger partial charge in [-0.05, 0) is 24.3 Å². The Balaban J connectivity index is 0.000000694. The smallest absolute Gasteiger partial charge is 0.305 e. The van der Waals surface area contributed by atoms with Crippen LogP contribution in [-0.4, -0.2) is 17.7 Å². The number of hydrogen-bond donors (Lipinski definition) is 1. The van der Waals surface area contributed by atoms with Crippen LogP contribution in [0.3, 0.4) is 0 Å². The number of rotatable bonds is 14. The van der Waals surface area contributed by atoms with E-state index in [1.165, 1.54) is 51.4 Å². The molecule has 0 radical (unpaired) electrons. The van der Waals surface area contributed by atoms with Gasteiger partial charge < -0.3 is 9.84 Å². The minimum absolute atomic E-state index is 0.0106. The summed E-state index contributed by atoms with van der Waals surface area (Å²) in [5.41, 5.74) is 0.965. The molecule has 0 aromatic heterocycles. The summed E-state index contributed by atoms with van der Waals surface area (Å²) in [5.74, 6) is 0.601. The van der Waals surface area contributed by atoms with Gasteiger partial charge in [0.2, 0.25) is 0 Å². The molecule has 27 heavy (non-hydrogen) atoms. The average molecular weight is 379 g/mol. The average Bonchev–Trinajstić information content (AvgIpc) is 2.67. The second-order valence-electron chi connectivity index (χ2n) is 7.63. The SMILES string of the molecule is CCCCCCCCCCCC(=O)OCCC(C)C.OCc1ccccc1. The molecule has 1 aromatic rings. The summed E-state index contributed by atoms with van der Waals surface area (Å²) in [6, 6.07) is 9.52. The zero-order valence-electron chi connectivity index (χ0n) is 17.9. The number of unbranched alkanes of at least 4 members (excludes halogenated alkanes) is 8. The van der Waals surface area contributed by atoms with Crippen LogP contribution in [-0.2, 0) is 16.1 Å². The molecule has 0 saturated carbocycles. The third-order valence-electron chi connectivity index (χ3n) is 4.47. The van der Waals surface area contributed by atoms with E-state index in [2.05, 4.69) is 20.8 Å². The molecule has 3 heteroatoms. The van der Waals surface area contributed by atoms with Crippen molar-refractivity contribution >= 4 is 5.97 Å². The van der Waals surface area contributed by atoms with Crippen LogP contribution in [0.2, 0.25) is 0 Å². The molecule has 0 bridgehead atoms. The molecule has 1 aromatic carbocycles. The van der Waals surface area contributed by atoms with Crippen LogP contribution < -0.4 is 0 Å². The first-order valence-electron chi connectivity index (χ1n) is 10.9. The second-order valence-corrected chi connectivity index (χ2v) is 7.63. The highest BCUT2D eigenvalue weighted by molar-refractivity contribution is 5.69. The highest BCUT2D eigenvalue weighted by atomic mass is 16.5. The maximum Gasteiger partial charge on any atom is 0.305 e. The highest BCUT2D eigenvalue weighted by Crippen LogP contribution is 2.11. The van der Waals surface area contributed by atoms with E-state index < -0.39 is 0 Å². The molecule has 156 valence electrons. The molecule has 0 saturated heterocycles. The van der Waals surface area contributed by atoms with Gasteiger partial charge in [-0.25, -0.2) is 0 Å². The second kappa shape index (κ2) is 19.4. The Morgan fingerprint density at radius 1 is 0.926 bits per heavy atom. The predicted octanol–water partition coefficient (Wildman–Crippen LogP) is 6.68. The van der Waals surface area contributed by atoms with Gasteiger partial charge in [0.05, 0.1) is 13.2 Å². The van der Waals surface area contributed by atoms with Crippen molar-refractivity contribution in [2.45, 2.75) is 98.0 Å². The zero-order chi connectivity index (χ0) is 20.2. The van der Waals surface area contributed by atoms with Gasteiger partial charge in [0, 0.05) is 6.42 Å². The Bertz CT molecular complexity index is 429. The first-order chi connectivity index (χ1) is 13.1. The molecule has 0 aliphatic carbocycles. The molecular weight excluding hydrogens is 336 g/mol. The van der Waals surface area contributed by atoms with E-state index in [4.69, 9.17) is 9.84 Å². The fourth-order valence-corrected chi connectivity index (χ4v) is 2.64. The lowest BCUT2D eigenvalue weighted by Gasteiger charge is -2.06. The maximum absolute atomic E-state index is 11.4. The number of carbonyl (C=O) groups is 1. The van der Waals surface area contributed by atoms with Crippen LogP contribution in [0.5, 0.6) is 0 Å². The predicted molar refractivity (Wildman–Crippen MR) is 115 cm³/mol. The summed E-state index contributed by atoms with van der Waals surface area (Å²) >= 11 is 0. The van der Waals surface area contributed by atoms with Crippen LogP contribution in [0.15, 0.2) is 30.3 Å². The van der Waals surface area contributed by atoms with Crippen molar-refractivity contribution in [3.05, 3.63) is 35.9 Å². The monoisotopic (exact) mass is 378 g/mol. The number of benzene rings is 1. The molecule has 0 fully saturated rings. The summed E-state index contributed by atoms with van der Waals surface area (Å²) in [6.45, 7) is 7.28. The van der Waals surface area contributed by atoms with Crippen molar-refractivity contribution < 1.29 is 14.6 Å². The standard InChI is InChI=1S/C17H34O2.C7H8O/c1-4-5-6-7-8-9-10-11-12-13-17(18)19-15-14-16(2)3;8-6-7-4-2-1-3-5-7/h16H,4-15H2,1-3H3;1-5,8H,6H2. The molecule has 0 heterocycles. The van der Waals surface area contributed by atoms with Gasteiger partial charge in [0.1, 0.15) is 0 Å². The van der Waals surface area contributed by atoms with Crippen molar-refractivity contribution in [2.75, 3.05) is 6.61 Å². The molecule has 0 unspecified atom stereocenters. The molecule has 1 N–H and O–H groups in total. The van der Waals surface area contributed by atoms with E-state index >= 15 is 0 Å². The van der Waals surface area contributed by atoms with Crippen molar-refractivity contribution in [3.63, 3.8) is 0 Å². The first-order valence-corrected chi connectivity index (χ1v) is 10.9. The quantitative estimate of drug-likeness (QED) is 0.290. The maximum atomic E-state index is 11.4. The Hall–Kier alpha value is -1.35. The molecule has 0 atom stereocenters. The van der Waals surface area contributed by atoms with E-state index in [0.29, 0.717) is 18.9 Å². The number of esters is 1. The van der Waals surface area contributed by atoms with Crippen LogP contribution in [0.1, 0.15) is 97.0 Å². The Labute approximate surface area is 167 Å². The van der Waals surface area contributed by atoms with E-state index in [1.807, 2.05) is 30.3 Å². The lowest BCUT2D eigenvalue weighted by Crippen LogP contribution is -2.07. The zero-order valence-corrected chi connectivity index (χ0v) is 17.9. The number of aliphatic hydroxyl groups excluding tert-OH is 1. The van der Waals surface area contributed by atoms with Gasteiger partial charge in [-0.2, -0.15) is 0 Å². The van der Waals surface area contributed by atoms with Crippen LogP contribution in [0, 0.1) is 5.92 Å². The van der Waals surface area contributed by atoms with E-state index in [-0.39, 0.29) is 12.6 Å². The van der Waals surface area contributed by atoms with E-state index in [9.17, 15) is 4.79 Å². The summed E-state index contributed by atoms with van der Waals surface area (Å²) < 4.78 is 5.19. The summed E-state index contributed by atoms with van der Waals surface area (Å²) in [7, 11) is 0. The van der Waals surface area contributed by atoms with Gasteiger partial charge in [-0.3, -0.25) is 4.79 Å². The van der Waals surface area contributed by atoms with Crippen molar-refractivity contribution in [3.8, 4) is 0 Å². The molecule has 0 amide bonds. The van der Waals surface area contributed by atoms with E-state index in [1.54, 1.807) is 0 Å². The largest absolute Gasteiger partial charge is 0.466 e. The van der Waals surface area contributed by atoms with Gasteiger partial charge in [0.15, 0.2) is 0 Å². The molecule has 3 nitrogen and oxygen atoms in total. The number of carbonyl (C=O) groups excluding carboxylic acids is 1. The van der Waals surface area contributed by atoms with Crippen LogP contribution in [0.25, 0.3) is 0 Å². The Kier molecular flexibility index (Phi) is 18.4. The summed E-state index contributed by atoms with van der Waals surface area (Å²) in [5, 5.41) is 8.54. The fourth-order valence-electron chi connectivity index (χ4n) is 2.64. The Morgan fingerprint density at radius 2 is 1.48 bits per heavy atom. The molecule has 0 aliphatic heterocycles. The summed E-state index contributed by atoms with van der Waals surface area (Å²) in [6.07, 6.45) is 13.2. The van der Waals surface area contributed by atoms with Gasteiger partial charge >= 0.3 is 5.97 Å². The lowest BCUT2D eigenvalue weighted by atomic mass is 10.1. The normalized spacial score (nSPS) is 10.4. The number of hydrogen-bond acceptors (Lipinski definition) is 3. The van der Waals surface area contributed by atoms with Gasteiger partial charge in [-0.15, -0.1) is 0 Å². The van der Waals surface area contributed by atoms with Crippen molar-refractivity contribution in [2.24, 2.45) is 5.92 Å². The fraction of sp³-hybridized carbons (Fsp3) is 0.708. The van der Waals surface area contributed by atoms with Gasteiger partial charge in [-0.1, -0.05) is 102 Å².